The Kier molecular flexibility index (Phi) is 21.1. The molecule has 0 aromatic carbocycles. The summed E-state index contributed by atoms with van der Waals surface area (Å²) in [6.45, 7) is 5.35. The Balaban J connectivity index is -0.000000540. The van der Waals surface area contributed by atoms with Crippen molar-refractivity contribution in [2.24, 2.45) is 0 Å². The number of hydrogen-bond acceptors (Lipinski definition) is 7. The van der Waals surface area contributed by atoms with Crippen LogP contribution in [0.2, 0.25) is 0 Å². The quantitative estimate of drug-likeness (QED) is 0.246. The minimum absolute atomic E-state index is 0. The van der Waals surface area contributed by atoms with E-state index < -0.39 is 15.6 Å². The number of phosphoric acid groups is 2. The van der Waals surface area contributed by atoms with Crippen molar-refractivity contribution in [3.8, 4) is 0 Å². The molecule has 0 aliphatic carbocycles. The molecule has 112 valence electrons. The van der Waals surface area contributed by atoms with E-state index in [9.17, 15) is 23.8 Å². The molecule has 22 heavy (non-hydrogen) atoms. The van der Waals surface area contributed by atoms with Gasteiger partial charge in [-0.15, -0.1) is 0 Å². The average molecular weight is 332 g/mol. The van der Waals surface area contributed by atoms with Gasteiger partial charge >= 0.3 is 56.6 Å². The Bertz CT molecular complexity index is 444. The van der Waals surface area contributed by atoms with Gasteiger partial charge in [-0.3, -0.25) is 8.88 Å². The van der Waals surface area contributed by atoms with Crippen molar-refractivity contribution >= 4 is 15.6 Å². The van der Waals surface area contributed by atoms with Crippen molar-refractivity contribution in [1.82, 2.24) is 0 Å². The van der Waals surface area contributed by atoms with Gasteiger partial charge < -0.3 is 23.8 Å². The minimum Gasteiger partial charge on any atom is -0.790 e. The van der Waals surface area contributed by atoms with Gasteiger partial charge in [-0.1, -0.05) is 23.3 Å². The van der Waals surface area contributed by atoms with Crippen LogP contribution in [-0.2, 0) is 18.0 Å². The molecule has 0 radical (unpaired) electrons. The van der Waals surface area contributed by atoms with Gasteiger partial charge in [0, 0.05) is 0 Å². The molecular formula is C10H17Li3O7P2. The average Bonchev–Trinajstić information content (AvgIpc) is 2.12. The van der Waals surface area contributed by atoms with E-state index in [1.54, 1.807) is 6.92 Å². The zero-order chi connectivity index (χ0) is 15.1. The van der Waals surface area contributed by atoms with Crippen molar-refractivity contribution in [2.75, 3.05) is 6.61 Å². The minimum atomic E-state index is -5.61. The SMILES string of the molecule is CC(C)=CCC/C(C)=C/COP(=O)([O-])OP(=O)([O-])[O-].[Li+].[Li+].[Li+]. The Labute approximate surface area is 167 Å². The molecule has 0 heterocycles. The van der Waals surface area contributed by atoms with E-state index in [-0.39, 0.29) is 63.2 Å². The van der Waals surface area contributed by atoms with Crippen molar-refractivity contribution in [1.29, 1.82) is 0 Å². The molecule has 0 bridgehead atoms. The maximum absolute atomic E-state index is 10.9. The topological polar surface area (TPSA) is 122 Å². The largest absolute Gasteiger partial charge is 1.00 e. The third kappa shape index (κ3) is 21.5. The molecule has 1 atom stereocenters. The van der Waals surface area contributed by atoms with Crippen LogP contribution in [0.5, 0.6) is 0 Å². The molecule has 1 unspecified atom stereocenters. The molecule has 0 saturated heterocycles. The maximum atomic E-state index is 10.9. The Hall–Kier alpha value is 1.53. The van der Waals surface area contributed by atoms with Crippen LogP contribution in [0.15, 0.2) is 23.3 Å². The number of hydrogen-bond donors (Lipinski definition) is 0. The summed E-state index contributed by atoms with van der Waals surface area (Å²) in [5.41, 5.74) is 2.06. The maximum Gasteiger partial charge on any atom is 1.00 e. The first kappa shape index (κ1) is 31.3. The van der Waals surface area contributed by atoms with Gasteiger partial charge in [-0.2, -0.15) is 0 Å². The third-order valence-electron chi connectivity index (χ3n) is 1.96. The van der Waals surface area contributed by atoms with Gasteiger partial charge in [0.15, 0.2) is 0 Å². The van der Waals surface area contributed by atoms with E-state index in [0.29, 0.717) is 0 Å². The Morgan fingerprint density at radius 2 is 1.50 bits per heavy atom. The van der Waals surface area contributed by atoms with Crippen LogP contribution < -0.4 is 71.3 Å². The molecule has 0 aromatic heterocycles. The molecule has 0 spiro atoms. The van der Waals surface area contributed by atoms with E-state index in [0.717, 1.165) is 18.4 Å². The molecule has 0 aromatic rings. The van der Waals surface area contributed by atoms with E-state index in [1.165, 1.54) is 11.6 Å². The molecule has 7 nitrogen and oxygen atoms in total. The standard InChI is InChI=1S/C10H20O7P2.3Li/c1-9(2)5-4-6-10(3)7-8-16-19(14,15)17-18(11,12)13;;;/h5,7H,4,6,8H2,1-3H3,(H,14,15)(H2,11,12,13);;;/q;3*+1/p-3/b10-7+;;;. The monoisotopic (exact) mass is 332 g/mol. The van der Waals surface area contributed by atoms with Gasteiger partial charge in [-0.05, 0) is 33.6 Å². The second kappa shape index (κ2) is 14.8. The van der Waals surface area contributed by atoms with Crippen LogP contribution in [-0.4, -0.2) is 6.61 Å². The van der Waals surface area contributed by atoms with E-state index in [2.05, 4.69) is 8.83 Å². The van der Waals surface area contributed by atoms with Crippen LogP contribution in [0.3, 0.4) is 0 Å². The summed E-state index contributed by atoms with van der Waals surface area (Å²) in [7, 11) is -10.7. The summed E-state index contributed by atoms with van der Waals surface area (Å²) in [5, 5.41) is 0. The zero-order valence-corrected chi connectivity index (χ0v) is 15.8. The smallest absolute Gasteiger partial charge is 0.790 e. The molecule has 0 N–H and O–H groups in total. The fourth-order valence-electron chi connectivity index (χ4n) is 1.11. The number of allylic oxidation sites excluding steroid dienone is 3. The molecule has 0 amide bonds. The normalized spacial score (nSPS) is 13.8. The third-order valence-corrected chi connectivity index (χ3v) is 4.02. The summed E-state index contributed by atoms with van der Waals surface area (Å²) < 4.78 is 28.5. The summed E-state index contributed by atoms with van der Waals surface area (Å²) in [6, 6.07) is 0. The van der Waals surface area contributed by atoms with Gasteiger partial charge in [0.2, 0.25) is 0 Å². The van der Waals surface area contributed by atoms with E-state index >= 15 is 0 Å². The molecule has 0 rings (SSSR count). The van der Waals surface area contributed by atoms with Crippen molar-refractivity contribution in [2.45, 2.75) is 33.6 Å². The molecule has 12 heteroatoms. The second-order valence-electron chi connectivity index (χ2n) is 4.14. The first-order chi connectivity index (χ1) is 8.52. The van der Waals surface area contributed by atoms with Crippen LogP contribution in [0.1, 0.15) is 33.6 Å². The summed E-state index contributed by atoms with van der Waals surface area (Å²) >= 11 is 0. The summed E-state index contributed by atoms with van der Waals surface area (Å²) in [4.78, 5) is 31.2. The van der Waals surface area contributed by atoms with Crippen LogP contribution in [0, 0.1) is 0 Å². The molecule has 0 aliphatic heterocycles. The van der Waals surface area contributed by atoms with Gasteiger partial charge in [0.05, 0.1) is 14.4 Å². The Morgan fingerprint density at radius 1 is 1.00 bits per heavy atom. The summed E-state index contributed by atoms with van der Waals surface area (Å²) in [6.07, 6.45) is 5.05. The molecule has 0 saturated carbocycles. The van der Waals surface area contributed by atoms with Gasteiger partial charge in [0.1, 0.15) is 0 Å². The predicted molar refractivity (Wildman–Crippen MR) is 64.7 cm³/mol. The van der Waals surface area contributed by atoms with Crippen molar-refractivity contribution in [3.63, 3.8) is 0 Å². The summed E-state index contributed by atoms with van der Waals surface area (Å²) in [5.74, 6) is 0. The number of phosphoric ester groups is 1. The molecular weight excluding hydrogens is 315 g/mol. The first-order valence-corrected chi connectivity index (χ1v) is 8.42. The van der Waals surface area contributed by atoms with Crippen LogP contribution in [0.25, 0.3) is 0 Å². The van der Waals surface area contributed by atoms with Crippen molar-refractivity contribution < 1.29 is 89.2 Å². The van der Waals surface area contributed by atoms with E-state index in [4.69, 9.17) is 0 Å². The number of rotatable bonds is 8. The first-order valence-electron chi connectivity index (χ1n) is 5.50. The fraction of sp³-hybridized carbons (Fsp3) is 0.600. The second-order valence-corrected chi connectivity index (χ2v) is 6.84. The van der Waals surface area contributed by atoms with Crippen molar-refractivity contribution in [3.05, 3.63) is 23.3 Å². The predicted octanol–water partition coefficient (Wildman–Crippen LogP) is -7.98. The molecule has 0 fully saturated rings. The molecule has 0 aliphatic rings. The zero-order valence-electron chi connectivity index (χ0n) is 14.0. The van der Waals surface area contributed by atoms with Crippen LogP contribution >= 0.6 is 15.6 Å². The van der Waals surface area contributed by atoms with Gasteiger partial charge in [0.25, 0.3) is 7.82 Å². The van der Waals surface area contributed by atoms with E-state index in [1.807, 2.05) is 19.9 Å². The van der Waals surface area contributed by atoms with Crippen LogP contribution in [0.4, 0.5) is 0 Å². The Morgan fingerprint density at radius 3 is 1.91 bits per heavy atom. The fourth-order valence-corrected chi connectivity index (χ4v) is 2.53. The van der Waals surface area contributed by atoms with Gasteiger partial charge in [-0.25, -0.2) is 0 Å².